The van der Waals surface area contributed by atoms with Crippen molar-refractivity contribution in [2.75, 3.05) is 17.8 Å². The predicted molar refractivity (Wildman–Crippen MR) is 80.9 cm³/mol. The van der Waals surface area contributed by atoms with E-state index in [2.05, 4.69) is 4.72 Å². The van der Waals surface area contributed by atoms with E-state index in [-0.39, 0.29) is 23.8 Å². The van der Waals surface area contributed by atoms with Crippen LogP contribution in [0.1, 0.15) is 12.8 Å². The molecule has 0 atom stereocenters. The number of carboxylic acids is 1. The van der Waals surface area contributed by atoms with Crippen molar-refractivity contribution >= 4 is 45.1 Å². The van der Waals surface area contributed by atoms with Gasteiger partial charge in [-0.2, -0.15) is 12.7 Å². The molecule has 1 saturated heterocycles. The Morgan fingerprint density at radius 2 is 1.90 bits per heavy atom. The summed E-state index contributed by atoms with van der Waals surface area (Å²) < 4.78 is 28.1. The van der Waals surface area contributed by atoms with Crippen LogP contribution in [0.15, 0.2) is 18.2 Å². The predicted octanol–water partition coefficient (Wildman–Crippen LogP) is 2.45. The highest BCUT2D eigenvalue weighted by molar-refractivity contribution is 7.90. The van der Waals surface area contributed by atoms with Crippen LogP contribution in [0.4, 0.5) is 5.69 Å². The molecule has 0 unspecified atom stereocenters. The molecule has 0 spiro atoms. The molecule has 21 heavy (non-hydrogen) atoms. The molecular weight excluding hydrogens is 339 g/mol. The fourth-order valence-electron chi connectivity index (χ4n) is 2.12. The highest BCUT2D eigenvalue weighted by Gasteiger charge is 2.31. The van der Waals surface area contributed by atoms with E-state index >= 15 is 0 Å². The SMILES string of the molecule is O=C(O)C1CCN(S(=O)(=O)Nc2cc(Cl)ccc2Cl)CC1. The summed E-state index contributed by atoms with van der Waals surface area (Å²) in [5, 5.41) is 9.52. The van der Waals surface area contributed by atoms with Gasteiger partial charge in [-0.25, -0.2) is 0 Å². The second-order valence-electron chi connectivity index (χ2n) is 4.74. The number of hydrogen-bond acceptors (Lipinski definition) is 3. The van der Waals surface area contributed by atoms with Gasteiger partial charge in [0, 0.05) is 18.1 Å². The molecule has 2 rings (SSSR count). The lowest BCUT2D eigenvalue weighted by Gasteiger charge is -2.29. The number of halogens is 2. The molecule has 0 radical (unpaired) electrons. The normalized spacial score (nSPS) is 17.6. The molecule has 0 aromatic heterocycles. The van der Waals surface area contributed by atoms with Crippen LogP contribution >= 0.6 is 23.2 Å². The molecule has 1 fully saturated rings. The first kappa shape index (κ1) is 16.4. The number of anilines is 1. The Hall–Kier alpha value is -1.02. The zero-order valence-electron chi connectivity index (χ0n) is 10.9. The lowest BCUT2D eigenvalue weighted by atomic mass is 9.99. The van der Waals surface area contributed by atoms with Gasteiger partial charge in [0.2, 0.25) is 0 Å². The van der Waals surface area contributed by atoms with Gasteiger partial charge in [-0.15, -0.1) is 0 Å². The Labute approximate surface area is 132 Å². The number of benzene rings is 1. The molecule has 0 saturated carbocycles. The number of aliphatic carboxylic acids is 1. The molecule has 9 heteroatoms. The van der Waals surface area contributed by atoms with Crippen LogP contribution in [0.5, 0.6) is 0 Å². The third kappa shape index (κ3) is 4.00. The summed E-state index contributed by atoms with van der Waals surface area (Å²) in [5.74, 6) is -1.39. The summed E-state index contributed by atoms with van der Waals surface area (Å²) in [6.07, 6.45) is 0.582. The van der Waals surface area contributed by atoms with Crippen LogP contribution in [0, 0.1) is 5.92 Å². The third-order valence-corrected chi connectivity index (χ3v) is 5.40. The number of nitrogens with zero attached hydrogens (tertiary/aromatic N) is 1. The van der Waals surface area contributed by atoms with Gasteiger partial charge in [0.25, 0.3) is 0 Å². The van der Waals surface area contributed by atoms with Crippen molar-refractivity contribution in [3.8, 4) is 0 Å². The van der Waals surface area contributed by atoms with Crippen LogP contribution in [0.3, 0.4) is 0 Å². The molecule has 1 aromatic carbocycles. The smallest absolute Gasteiger partial charge is 0.306 e. The highest BCUT2D eigenvalue weighted by Crippen LogP contribution is 2.28. The average Bonchev–Trinajstić information content (AvgIpc) is 2.43. The standard InChI is InChI=1S/C12H14Cl2N2O4S/c13-9-1-2-10(14)11(7-9)15-21(19,20)16-5-3-8(4-6-16)12(17)18/h1-2,7-8,15H,3-6H2,(H,17,18). The number of nitrogens with one attached hydrogen (secondary N) is 1. The van der Waals surface area contributed by atoms with E-state index in [9.17, 15) is 13.2 Å². The molecule has 116 valence electrons. The van der Waals surface area contributed by atoms with Gasteiger partial charge < -0.3 is 5.11 Å². The molecule has 1 aliphatic rings. The van der Waals surface area contributed by atoms with Crippen molar-refractivity contribution in [3.63, 3.8) is 0 Å². The summed E-state index contributed by atoms with van der Waals surface area (Å²) in [7, 11) is -3.78. The second-order valence-corrected chi connectivity index (χ2v) is 7.26. The number of rotatable bonds is 4. The molecule has 1 heterocycles. The van der Waals surface area contributed by atoms with Gasteiger partial charge >= 0.3 is 16.2 Å². The molecule has 6 nitrogen and oxygen atoms in total. The lowest BCUT2D eigenvalue weighted by Crippen LogP contribution is -2.42. The monoisotopic (exact) mass is 352 g/mol. The van der Waals surface area contributed by atoms with E-state index in [0.717, 1.165) is 0 Å². The number of carbonyl (C=O) groups is 1. The van der Waals surface area contributed by atoms with Crippen LogP contribution in [-0.2, 0) is 15.0 Å². The molecule has 0 aliphatic carbocycles. The third-order valence-electron chi connectivity index (χ3n) is 3.31. The van der Waals surface area contributed by atoms with Crippen LogP contribution in [0.25, 0.3) is 0 Å². The topological polar surface area (TPSA) is 86.7 Å². The van der Waals surface area contributed by atoms with Crippen molar-refractivity contribution in [2.24, 2.45) is 5.92 Å². The summed E-state index contributed by atoms with van der Waals surface area (Å²) in [6, 6.07) is 4.48. The van der Waals surface area contributed by atoms with Crippen LogP contribution in [-0.4, -0.2) is 36.9 Å². The number of hydrogen-bond donors (Lipinski definition) is 2. The maximum absolute atomic E-state index is 12.3. The zero-order chi connectivity index (χ0) is 15.6. The van der Waals surface area contributed by atoms with Gasteiger partial charge in [-0.1, -0.05) is 23.2 Å². The molecular formula is C12H14Cl2N2O4S. The average molecular weight is 353 g/mol. The Balaban J connectivity index is 2.09. The van der Waals surface area contributed by atoms with E-state index in [1.54, 1.807) is 6.07 Å². The van der Waals surface area contributed by atoms with Crippen molar-refractivity contribution in [2.45, 2.75) is 12.8 Å². The number of carboxylic acid groups (broad SMARTS) is 1. The number of piperidine rings is 1. The van der Waals surface area contributed by atoms with E-state index < -0.39 is 22.1 Å². The van der Waals surface area contributed by atoms with E-state index in [4.69, 9.17) is 28.3 Å². The summed E-state index contributed by atoms with van der Waals surface area (Å²) in [6.45, 7) is 0.314. The minimum absolute atomic E-state index is 0.157. The lowest BCUT2D eigenvalue weighted by molar-refractivity contribution is -0.142. The van der Waals surface area contributed by atoms with Crippen molar-refractivity contribution in [1.82, 2.24) is 4.31 Å². The minimum Gasteiger partial charge on any atom is -0.481 e. The minimum atomic E-state index is -3.78. The van der Waals surface area contributed by atoms with Gasteiger partial charge in [-0.3, -0.25) is 9.52 Å². The molecule has 0 bridgehead atoms. The molecule has 1 aromatic rings. The van der Waals surface area contributed by atoms with E-state index in [1.807, 2.05) is 0 Å². The molecule has 0 amide bonds. The molecule has 2 N–H and O–H groups in total. The van der Waals surface area contributed by atoms with Gasteiger partial charge in [0.05, 0.1) is 16.6 Å². The fraction of sp³-hybridized carbons (Fsp3) is 0.417. The first-order valence-electron chi connectivity index (χ1n) is 6.25. The van der Waals surface area contributed by atoms with Crippen molar-refractivity contribution in [3.05, 3.63) is 28.2 Å². The Morgan fingerprint density at radius 1 is 1.29 bits per heavy atom. The Kier molecular flexibility index (Phi) is 4.98. The van der Waals surface area contributed by atoms with Crippen LogP contribution in [0.2, 0.25) is 10.0 Å². The van der Waals surface area contributed by atoms with Crippen molar-refractivity contribution < 1.29 is 18.3 Å². The largest absolute Gasteiger partial charge is 0.481 e. The first-order chi connectivity index (χ1) is 9.79. The second kappa shape index (κ2) is 6.39. The van der Waals surface area contributed by atoms with E-state index in [1.165, 1.54) is 16.4 Å². The van der Waals surface area contributed by atoms with Crippen molar-refractivity contribution in [1.29, 1.82) is 0 Å². The Bertz CT molecular complexity index is 643. The fourth-order valence-corrected chi connectivity index (χ4v) is 3.78. The maximum Gasteiger partial charge on any atom is 0.306 e. The quantitative estimate of drug-likeness (QED) is 0.871. The van der Waals surface area contributed by atoms with Gasteiger partial charge in [-0.05, 0) is 31.0 Å². The Morgan fingerprint density at radius 3 is 2.48 bits per heavy atom. The summed E-state index contributed by atoms with van der Waals surface area (Å²) >= 11 is 11.7. The zero-order valence-corrected chi connectivity index (χ0v) is 13.2. The van der Waals surface area contributed by atoms with E-state index in [0.29, 0.717) is 17.9 Å². The highest BCUT2D eigenvalue weighted by atomic mass is 35.5. The van der Waals surface area contributed by atoms with Crippen LogP contribution < -0.4 is 4.72 Å². The summed E-state index contributed by atoms with van der Waals surface area (Å²) in [4.78, 5) is 10.9. The van der Waals surface area contributed by atoms with Gasteiger partial charge in [0.1, 0.15) is 0 Å². The van der Waals surface area contributed by atoms with Gasteiger partial charge in [0.15, 0.2) is 0 Å². The molecule has 1 aliphatic heterocycles. The maximum atomic E-state index is 12.3. The first-order valence-corrected chi connectivity index (χ1v) is 8.45. The summed E-state index contributed by atoms with van der Waals surface area (Å²) in [5.41, 5.74) is 0.199.